The minimum Gasteiger partial charge on any atom is -0.378 e. The smallest absolute Gasteiger partial charge is 0.128 e. The lowest BCUT2D eigenvalue weighted by Crippen LogP contribution is -1.94. The van der Waals surface area contributed by atoms with Gasteiger partial charge in [-0.3, -0.25) is 0 Å². The molecule has 0 fully saturated rings. The maximum absolute atomic E-state index is 8.58. The van der Waals surface area contributed by atoms with Crippen molar-refractivity contribution in [1.29, 1.82) is 0 Å². The topological polar surface area (TPSA) is 20.2 Å². The summed E-state index contributed by atoms with van der Waals surface area (Å²) in [5.74, 6) is 0. The normalized spacial score (nSPS) is 12.9. The Morgan fingerprint density at radius 2 is 1.80 bits per heavy atom. The zero-order valence-corrected chi connectivity index (χ0v) is 7.97. The van der Waals surface area contributed by atoms with Crippen molar-refractivity contribution in [3.63, 3.8) is 0 Å². The highest BCUT2D eigenvalue weighted by molar-refractivity contribution is 6.59. The maximum Gasteiger partial charge on any atom is 0.128 e. The molecule has 0 rings (SSSR count). The highest BCUT2D eigenvalue weighted by atomic mass is 35.5. The number of allylic oxidation sites excluding steroid dienone is 1. The Morgan fingerprint density at radius 3 is 2.10 bits per heavy atom. The summed E-state index contributed by atoms with van der Waals surface area (Å²) in [5, 5.41) is 8.90. The lowest BCUT2D eigenvalue weighted by atomic mass is 10.3. The van der Waals surface area contributed by atoms with E-state index in [0.717, 1.165) is 0 Å². The third kappa shape index (κ3) is 5.63. The number of aliphatic hydroxyl groups is 1. The molecule has 1 unspecified atom stereocenters. The number of aliphatic hydroxyl groups excluding tert-OH is 1. The Morgan fingerprint density at radius 1 is 1.30 bits per heavy atom. The van der Waals surface area contributed by atoms with Gasteiger partial charge in [-0.05, 0) is 12.8 Å². The van der Waals surface area contributed by atoms with Crippen LogP contribution in [0.2, 0.25) is 0 Å². The van der Waals surface area contributed by atoms with Crippen molar-refractivity contribution in [3.05, 3.63) is 9.52 Å². The van der Waals surface area contributed by atoms with Crippen LogP contribution in [0, 0.1) is 0 Å². The van der Waals surface area contributed by atoms with Gasteiger partial charge < -0.3 is 5.11 Å². The molecule has 0 aliphatic heterocycles. The van der Waals surface area contributed by atoms with Crippen molar-refractivity contribution in [2.45, 2.75) is 18.4 Å². The monoisotopic (exact) mass is 222 g/mol. The van der Waals surface area contributed by atoms with Crippen molar-refractivity contribution < 1.29 is 5.11 Å². The maximum atomic E-state index is 8.58. The standard InChI is InChI=1S/C5H6Cl4O/c6-3(5(8)9)1-2-4(7)10/h4,10H,1-2H2. The fourth-order valence-corrected chi connectivity index (χ4v) is 0.748. The van der Waals surface area contributed by atoms with Crippen molar-refractivity contribution in [3.8, 4) is 0 Å². The van der Waals surface area contributed by atoms with E-state index < -0.39 is 5.56 Å². The van der Waals surface area contributed by atoms with Gasteiger partial charge in [0.2, 0.25) is 0 Å². The van der Waals surface area contributed by atoms with E-state index in [1.54, 1.807) is 0 Å². The molecule has 0 saturated carbocycles. The number of halogens is 4. The van der Waals surface area contributed by atoms with Crippen LogP contribution in [-0.2, 0) is 0 Å². The van der Waals surface area contributed by atoms with Gasteiger partial charge in [-0.15, -0.1) is 0 Å². The first kappa shape index (κ1) is 10.9. The highest BCUT2D eigenvalue weighted by Gasteiger charge is 2.02. The Bertz CT molecular complexity index is 128. The average Bonchev–Trinajstić information content (AvgIpc) is 1.82. The summed E-state index contributed by atoms with van der Waals surface area (Å²) in [6.07, 6.45) is 0.748. The molecule has 10 heavy (non-hydrogen) atoms. The van der Waals surface area contributed by atoms with Gasteiger partial charge in [0.05, 0.1) is 0 Å². The zero-order valence-electron chi connectivity index (χ0n) is 4.95. The fraction of sp³-hybridized carbons (Fsp3) is 0.600. The van der Waals surface area contributed by atoms with Crippen LogP contribution in [0.25, 0.3) is 0 Å². The summed E-state index contributed by atoms with van der Waals surface area (Å²) >= 11 is 21.3. The molecule has 0 aliphatic rings. The number of rotatable bonds is 3. The molecule has 0 aromatic carbocycles. The van der Waals surface area contributed by atoms with Gasteiger partial charge in [0.15, 0.2) is 0 Å². The Hall–Kier alpha value is 0.860. The van der Waals surface area contributed by atoms with Crippen molar-refractivity contribution in [1.82, 2.24) is 0 Å². The van der Waals surface area contributed by atoms with Crippen molar-refractivity contribution in [2.75, 3.05) is 0 Å². The van der Waals surface area contributed by atoms with Crippen LogP contribution in [0.5, 0.6) is 0 Å². The lowest BCUT2D eigenvalue weighted by Gasteiger charge is -1.99. The molecule has 0 amide bonds. The van der Waals surface area contributed by atoms with Gasteiger partial charge in [-0.2, -0.15) is 0 Å². The molecule has 0 aromatic rings. The van der Waals surface area contributed by atoms with E-state index in [9.17, 15) is 0 Å². The molecule has 0 saturated heterocycles. The molecule has 1 atom stereocenters. The number of hydrogen-bond donors (Lipinski definition) is 1. The molecule has 1 nitrogen and oxygen atoms in total. The van der Waals surface area contributed by atoms with E-state index in [0.29, 0.717) is 17.9 Å². The first-order valence-electron chi connectivity index (χ1n) is 2.56. The Balaban J connectivity index is 3.60. The summed E-state index contributed by atoms with van der Waals surface area (Å²) in [4.78, 5) is 0. The van der Waals surface area contributed by atoms with Gasteiger partial charge in [0.25, 0.3) is 0 Å². The van der Waals surface area contributed by atoms with E-state index in [4.69, 9.17) is 51.5 Å². The minimum absolute atomic E-state index is 0.0268. The van der Waals surface area contributed by atoms with Crippen molar-refractivity contribution in [2.24, 2.45) is 0 Å². The molecule has 0 spiro atoms. The summed E-state index contributed by atoms with van der Waals surface area (Å²) in [6, 6.07) is 0. The number of alkyl halides is 1. The van der Waals surface area contributed by atoms with Gasteiger partial charge in [0, 0.05) is 5.03 Å². The van der Waals surface area contributed by atoms with Crippen LogP contribution in [-0.4, -0.2) is 10.7 Å². The van der Waals surface area contributed by atoms with Crippen molar-refractivity contribution >= 4 is 46.4 Å². The predicted octanol–water partition coefficient (Wildman–Crippen LogP) is 3.21. The zero-order chi connectivity index (χ0) is 8.15. The molecule has 0 heterocycles. The third-order valence-corrected chi connectivity index (χ3v) is 2.05. The molecule has 1 N–H and O–H groups in total. The van der Waals surface area contributed by atoms with Crippen LogP contribution in [0.3, 0.4) is 0 Å². The van der Waals surface area contributed by atoms with Crippen LogP contribution in [0.4, 0.5) is 0 Å². The van der Waals surface area contributed by atoms with Gasteiger partial charge >= 0.3 is 0 Å². The lowest BCUT2D eigenvalue weighted by molar-refractivity contribution is 0.246. The number of hydrogen-bond acceptors (Lipinski definition) is 1. The van der Waals surface area contributed by atoms with Crippen LogP contribution < -0.4 is 0 Å². The third-order valence-electron chi connectivity index (χ3n) is 0.807. The first-order valence-corrected chi connectivity index (χ1v) is 4.13. The Kier molecular flexibility index (Phi) is 5.98. The quantitative estimate of drug-likeness (QED) is 0.729. The fourth-order valence-electron chi connectivity index (χ4n) is 0.340. The first-order chi connectivity index (χ1) is 4.54. The summed E-state index contributed by atoms with van der Waals surface area (Å²) in [6.45, 7) is 0. The van der Waals surface area contributed by atoms with E-state index in [1.807, 2.05) is 0 Å². The average molecular weight is 224 g/mol. The second-order valence-electron chi connectivity index (χ2n) is 1.64. The molecule has 0 radical (unpaired) electrons. The van der Waals surface area contributed by atoms with Crippen LogP contribution in [0.15, 0.2) is 9.52 Å². The molecule has 5 heteroatoms. The van der Waals surface area contributed by atoms with E-state index in [-0.39, 0.29) is 4.49 Å². The van der Waals surface area contributed by atoms with E-state index >= 15 is 0 Å². The molecular formula is C5H6Cl4O. The molecule has 60 valence electrons. The largest absolute Gasteiger partial charge is 0.378 e. The summed E-state index contributed by atoms with van der Waals surface area (Å²) in [5.41, 5.74) is -0.888. The molecule has 0 aromatic heterocycles. The SMILES string of the molecule is OC(Cl)CCC(Cl)=C(Cl)Cl. The van der Waals surface area contributed by atoms with Crippen LogP contribution in [0.1, 0.15) is 12.8 Å². The molecule has 0 aliphatic carbocycles. The second-order valence-corrected chi connectivity index (χ2v) is 3.55. The minimum atomic E-state index is -0.888. The van der Waals surface area contributed by atoms with Gasteiger partial charge in [-0.25, -0.2) is 0 Å². The van der Waals surface area contributed by atoms with E-state index in [2.05, 4.69) is 0 Å². The summed E-state index contributed by atoms with van der Waals surface area (Å²) < 4.78 is 0.0268. The second kappa shape index (κ2) is 5.50. The van der Waals surface area contributed by atoms with Gasteiger partial charge in [0.1, 0.15) is 10.1 Å². The summed E-state index contributed by atoms with van der Waals surface area (Å²) in [7, 11) is 0. The molecule has 0 bridgehead atoms. The van der Waals surface area contributed by atoms with Crippen LogP contribution >= 0.6 is 46.4 Å². The van der Waals surface area contributed by atoms with E-state index in [1.165, 1.54) is 0 Å². The van der Waals surface area contributed by atoms with Gasteiger partial charge in [-0.1, -0.05) is 46.4 Å². The molecular weight excluding hydrogens is 218 g/mol. The Labute approximate surface area is 79.5 Å². The predicted molar refractivity (Wildman–Crippen MR) is 45.7 cm³/mol. The highest BCUT2D eigenvalue weighted by Crippen LogP contribution is 2.22.